The fourth-order valence-electron chi connectivity index (χ4n) is 3.05. The van der Waals surface area contributed by atoms with Crippen LogP contribution in [-0.2, 0) is 4.74 Å². The van der Waals surface area contributed by atoms with Gasteiger partial charge in [-0.2, -0.15) is 0 Å². The van der Waals surface area contributed by atoms with Crippen molar-refractivity contribution in [2.75, 3.05) is 6.54 Å². The summed E-state index contributed by atoms with van der Waals surface area (Å²) in [6.07, 6.45) is 2.61. The lowest BCUT2D eigenvalue weighted by Crippen LogP contribution is -2.47. The van der Waals surface area contributed by atoms with Crippen LogP contribution in [0.15, 0.2) is 24.3 Å². The summed E-state index contributed by atoms with van der Waals surface area (Å²) in [7, 11) is 0. The molecule has 0 aromatic heterocycles. The number of hydrogen-bond acceptors (Lipinski definition) is 3. The topological polar surface area (TPSA) is 70.6 Å². The Kier molecular flexibility index (Phi) is 4.33. The highest BCUT2D eigenvalue weighted by Gasteiger charge is 2.41. The number of hydrogen-bond donors (Lipinski definition) is 3. The number of nitrogens with one attached hydrogen (secondary N) is 2. The molecule has 2 bridgehead atoms. The van der Waals surface area contributed by atoms with Gasteiger partial charge in [-0.05, 0) is 25.3 Å². The molecule has 6 heteroatoms. The van der Waals surface area contributed by atoms with E-state index in [-0.39, 0.29) is 24.7 Å². The van der Waals surface area contributed by atoms with E-state index in [4.69, 9.17) is 16.3 Å². The third-order valence-corrected chi connectivity index (χ3v) is 4.49. The highest BCUT2D eigenvalue weighted by Crippen LogP contribution is 2.34. The Bertz CT molecular complexity index is 525. The predicted octanol–water partition coefficient (Wildman–Crippen LogP) is 1.99. The van der Waals surface area contributed by atoms with Gasteiger partial charge in [-0.15, -0.1) is 0 Å². The number of rotatable bonds is 4. The lowest BCUT2D eigenvalue weighted by Gasteiger charge is -2.21. The molecule has 1 aromatic rings. The van der Waals surface area contributed by atoms with Gasteiger partial charge in [0.2, 0.25) is 0 Å². The summed E-state index contributed by atoms with van der Waals surface area (Å²) in [5, 5.41) is 16.2. The highest BCUT2D eigenvalue weighted by molar-refractivity contribution is 6.31. The smallest absolute Gasteiger partial charge is 0.315 e. The standard InChI is InChI=1S/C15H19ClN2O3/c16-11-4-2-1-3-10(11)13(19)8-17-15(20)18-12-7-9-5-6-14(12)21-9/h1-4,9,12-14,19H,5-8H2,(H2,17,18,20). The van der Waals surface area contributed by atoms with Crippen molar-refractivity contribution in [1.29, 1.82) is 0 Å². The third-order valence-electron chi connectivity index (χ3n) is 4.14. The second-order valence-electron chi connectivity index (χ2n) is 5.61. The largest absolute Gasteiger partial charge is 0.387 e. The van der Waals surface area contributed by atoms with Gasteiger partial charge in [0.1, 0.15) is 0 Å². The zero-order valence-electron chi connectivity index (χ0n) is 11.6. The molecular weight excluding hydrogens is 292 g/mol. The van der Waals surface area contributed by atoms with Crippen molar-refractivity contribution >= 4 is 17.6 Å². The van der Waals surface area contributed by atoms with Crippen LogP contribution in [0, 0.1) is 0 Å². The summed E-state index contributed by atoms with van der Waals surface area (Å²) in [5.74, 6) is 0. The van der Waals surface area contributed by atoms with Gasteiger partial charge in [0, 0.05) is 17.1 Å². The Morgan fingerprint density at radius 3 is 2.90 bits per heavy atom. The Hall–Kier alpha value is -1.30. The molecular formula is C15H19ClN2O3. The van der Waals surface area contributed by atoms with E-state index in [0.717, 1.165) is 19.3 Å². The molecule has 2 saturated heterocycles. The molecule has 2 heterocycles. The second-order valence-corrected chi connectivity index (χ2v) is 6.01. The predicted molar refractivity (Wildman–Crippen MR) is 79.2 cm³/mol. The van der Waals surface area contributed by atoms with Crippen LogP contribution < -0.4 is 10.6 Å². The van der Waals surface area contributed by atoms with Gasteiger partial charge in [-0.3, -0.25) is 0 Å². The van der Waals surface area contributed by atoms with Crippen molar-refractivity contribution in [2.45, 2.75) is 43.6 Å². The highest BCUT2D eigenvalue weighted by atomic mass is 35.5. The minimum atomic E-state index is -0.819. The summed E-state index contributed by atoms with van der Waals surface area (Å²) < 4.78 is 5.69. The summed E-state index contributed by atoms with van der Waals surface area (Å²) in [4.78, 5) is 11.9. The van der Waals surface area contributed by atoms with Gasteiger partial charge in [0.15, 0.2) is 0 Å². The van der Waals surface area contributed by atoms with Crippen LogP contribution in [0.1, 0.15) is 30.9 Å². The van der Waals surface area contributed by atoms with Crippen LogP contribution in [0.4, 0.5) is 4.79 Å². The Labute approximate surface area is 128 Å². The first kappa shape index (κ1) is 14.6. The van der Waals surface area contributed by atoms with E-state index < -0.39 is 6.10 Å². The molecule has 2 fully saturated rings. The lowest BCUT2D eigenvalue weighted by atomic mass is 9.96. The zero-order valence-corrected chi connectivity index (χ0v) is 12.3. The maximum absolute atomic E-state index is 11.9. The van der Waals surface area contributed by atoms with Crippen molar-refractivity contribution in [1.82, 2.24) is 10.6 Å². The van der Waals surface area contributed by atoms with Crippen LogP contribution in [0.2, 0.25) is 5.02 Å². The number of amides is 2. The average Bonchev–Trinajstić information content (AvgIpc) is 3.08. The molecule has 3 N–H and O–H groups in total. The maximum atomic E-state index is 11.9. The van der Waals surface area contributed by atoms with E-state index in [1.54, 1.807) is 24.3 Å². The van der Waals surface area contributed by atoms with Gasteiger partial charge in [-0.25, -0.2) is 4.79 Å². The lowest BCUT2D eigenvalue weighted by molar-refractivity contribution is 0.0979. The van der Waals surface area contributed by atoms with Gasteiger partial charge in [0.25, 0.3) is 0 Å². The van der Waals surface area contributed by atoms with Crippen LogP contribution in [-0.4, -0.2) is 35.9 Å². The first-order valence-electron chi connectivity index (χ1n) is 7.26. The minimum Gasteiger partial charge on any atom is -0.387 e. The molecule has 2 aliphatic heterocycles. The second kappa shape index (κ2) is 6.22. The molecule has 4 atom stereocenters. The van der Waals surface area contributed by atoms with Crippen LogP contribution in [0.25, 0.3) is 0 Å². The summed E-state index contributed by atoms with van der Waals surface area (Å²) in [5.41, 5.74) is 0.614. The van der Waals surface area contributed by atoms with E-state index in [9.17, 15) is 9.90 Å². The molecule has 3 rings (SSSR count). The molecule has 5 nitrogen and oxygen atoms in total. The van der Waals surface area contributed by atoms with E-state index in [2.05, 4.69) is 10.6 Å². The average molecular weight is 311 g/mol. The number of aliphatic hydroxyl groups is 1. The summed E-state index contributed by atoms with van der Waals surface area (Å²) in [6.45, 7) is 0.122. The van der Waals surface area contributed by atoms with Crippen LogP contribution >= 0.6 is 11.6 Å². The first-order valence-corrected chi connectivity index (χ1v) is 7.63. The summed E-state index contributed by atoms with van der Waals surface area (Å²) >= 11 is 6.01. The molecule has 114 valence electrons. The van der Waals surface area contributed by atoms with Crippen molar-refractivity contribution < 1.29 is 14.6 Å². The normalized spacial score (nSPS) is 28.4. The SMILES string of the molecule is O=C(NCC(O)c1ccccc1Cl)NC1CC2CCC1O2. The van der Waals surface area contributed by atoms with Crippen molar-refractivity contribution in [2.24, 2.45) is 0 Å². The molecule has 0 radical (unpaired) electrons. The zero-order chi connectivity index (χ0) is 14.8. The molecule has 21 heavy (non-hydrogen) atoms. The molecule has 2 aliphatic rings. The number of aliphatic hydroxyl groups excluding tert-OH is 1. The van der Waals surface area contributed by atoms with E-state index in [1.165, 1.54) is 0 Å². The Morgan fingerprint density at radius 2 is 2.24 bits per heavy atom. The molecule has 1 aromatic carbocycles. The van der Waals surface area contributed by atoms with Gasteiger partial charge >= 0.3 is 6.03 Å². The van der Waals surface area contributed by atoms with Gasteiger partial charge in [0.05, 0.1) is 24.4 Å². The molecule has 0 spiro atoms. The Balaban J connectivity index is 1.46. The minimum absolute atomic E-state index is 0.0845. The van der Waals surface area contributed by atoms with Gasteiger partial charge < -0.3 is 20.5 Å². The molecule has 0 saturated carbocycles. The van der Waals surface area contributed by atoms with Crippen LogP contribution in [0.3, 0.4) is 0 Å². The number of halogens is 1. The van der Waals surface area contributed by atoms with E-state index in [1.807, 2.05) is 0 Å². The number of ether oxygens (including phenoxy) is 1. The maximum Gasteiger partial charge on any atom is 0.315 e. The number of benzene rings is 1. The monoisotopic (exact) mass is 310 g/mol. The van der Waals surface area contributed by atoms with E-state index in [0.29, 0.717) is 16.7 Å². The fraction of sp³-hybridized carbons (Fsp3) is 0.533. The third kappa shape index (κ3) is 3.31. The molecule has 2 amide bonds. The number of urea groups is 1. The fourth-order valence-corrected chi connectivity index (χ4v) is 3.32. The molecule has 4 unspecified atom stereocenters. The summed E-state index contributed by atoms with van der Waals surface area (Å²) in [6, 6.07) is 6.87. The van der Waals surface area contributed by atoms with Crippen molar-refractivity contribution in [3.63, 3.8) is 0 Å². The first-order chi connectivity index (χ1) is 10.1. The van der Waals surface area contributed by atoms with E-state index >= 15 is 0 Å². The number of fused-ring (bicyclic) bond motifs is 2. The van der Waals surface area contributed by atoms with Gasteiger partial charge in [-0.1, -0.05) is 29.8 Å². The Morgan fingerprint density at radius 1 is 1.43 bits per heavy atom. The van der Waals surface area contributed by atoms with Crippen molar-refractivity contribution in [3.8, 4) is 0 Å². The number of carbonyl (C=O) groups is 1. The quantitative estimate of drug-likeness (QED) is 0.796. The van der Waals surface area contributed by atoms with Crippen LogP contribution in [0.5, 0.6) is 0 Å². The number of carbonyl (C=O) groups excluding carboxylic acids is 1. The van der Waals surface area contributed by atoms with Crippen molar-refractivity contribution in [3.05, 3.63) is 34.9 Å². The molecule has 0 aliphatic carbocycles.